The Labute approximate surface area is 173 Å². The molecule has 3 aliphatic rings. The summed E-state index contributed by atoms with van der Waals surface area (Å²) < 4.78 is 5.09. The average molecular weight is 403 g/mol. The van der Waals surface area contributed by atoms with Crippen molar-refractivity contribution in [3.8, 4) is 0 Å². The van der Waals surface area contributed by atoms with Crippen LogP contribution in [0.1, 0.15) is 44.2 Å². The quantitative estimate of drug-likeness (QED) is 0.670. The zero-order chi connectivity index (χ0) is 20.3. The first kappa shape index (κ1) is 20.3. The van der Waals surface area contributed by atoms with Gasteiger partial charge in [-0.1, -0.05) is 0 Å². The molecule has 0 aliphatic carbocycles. The Morgan fingerprint density at radius 3 is 2.83 bits per heavy atom. The molecule has 1 unspecified atom stereocenters. The number of aryl methyl sites for hydroxylation is 1. The molecule has 4 rings (SSSR count). The topological polar surface area (TPSA) is 82.6 Å². The second-order valence-electron chi connectivity index (χ2n) is 8.62. The van der Waals surface area contributed by atoms with E-state index in [1.165, 1.54) is 12.8 Å². The smallest absolute Gasteiger partial charge is 0.240 e. The molecule has 0 spiro atoms. The summed E-state index contributed by atoms with van der Waals surface area (Å²) in [6, 6.07) is 2.23. The summed E-state index contributed by atoms with van der Waals surface area (Å²) in [4.78, 5) is 27.2. The maximum Gasteiger partial charge on any atom is 0.240 e. The molecule has 1 aromatic rings. The Kier molecular flexibility index (Phi) is 6.20. The van der Waals surface area contributed by atoms with Gasteiger partial charge in [0.2, 0.25) is 11.9 Å². The third kappa shape index (κ3) is 4.33. The molecule has 4 heterocycles. The average Bonchev–Trinajstić information content (AvgIpc) is 3.36. The van der Waals surface area contributed by atoms with Gasteiger partial charge in [-0.3, -0.25) is 9.69 Å². The molecule has 3 saturated heterocycles. The van der Waals surface area contributed by atoms with E-state index in [0.29, 0.717) is 13.2 Å². The van der Waals surface area contributed by atoms with E-state index in [0.717, 1.165) is 69.3 Å². The maximum absolute atomic E-state index is 13.1. The van der Waals surface area contributed by atoms with Crippen LogP contribution in [0.4, 0.5) is 11.8 Å². The lowest BCUT2D eigenvalue weighted by molar-refractivity contribution is -0.134. The molecule has 8 heteroatoms. The van der Waals surface area contributed by atoms with Crippen LogP contribution in [0.25, 0.3) is 0 Å². The first-order valence-electron chi connectivity index (χ1n) is 11.0. The summed E-state index contributed by atoms with van der Waals surface area (Å²) >= 11 is 0. The van der Waals surface area contributed by atoms with E-state index in [9.17, 15) is 4.79 Å². The summed E-state index contributed by atoms with van der Waals surface area (Å²) in [7, 11) is 1.66. The number of methoxy groups -OCH3 is 1. The summed E-state index contributed by atoms with van der Waals surface area (Å²) in [6.45, 7) is 7.05. The number of nitrogens with zero attached hydrogens (tertiary/aromatic N) is 4. The fourth-order valence-corrected chi connectivity index (χ4v) is 5.10. The number of nitrogens with one attached hydrogen (secondary N) is 2. The van der Waals surface area contributed by atoms with Crippen molar-refractivity contribution in [2.45, 2.75) is 57.0 Å². The van der Waals surface area contributed by atoms with Crippen molar-refractivity contribution in [3.63, 3.8) is 0 Å². The SMILES string of the molecule is COCCNC(=O)[C@@]12CCCCN1CC(Nc1cc(C)nc(N3CCCC3)n1)C2. The van der Waals surface area contributed by atoms with Crippen LogP contribution in [-0.2, 0) is 9.53 Å². The lowest BCUT2D eigenvalue weighted by atomic mass is 9.84. The number of hydrogen-bond donors (Lipinski definition) is 2. The normalized spacial score (nSPS) is 27.1. The second-order valence-corrected chi connectivity index (χ2v) is 8.62. The molecule has 2 atom stereocenters. The summed E-state index contributed by atoms with van der Waals surface area (Å²) in [5.74, 6) is 1.85. The van der Waals surface area contributed by atoms with Gasteiger partial charge in [0, 0.05) is 51.1 Å². The first-order valence-corrected chi connectivity index (χ1v) is 11.0. The number of ether oxygens (including phenoxy) is 1. The van der Waals surface area contributed by atoms with Crippen LogP contribution in [0.3, 0.4) is 0 Å². The predicted octanol–water partition coefficient (Wildman–Crippen LogP) is 1.56. The minimum Gasteiger partial charge on any atom is -0.383 e. The lowest BCUT2D eigenvalue weighted by Crippen LogP contribution is -2.57. The van der Waals surface area contributed by atoms with Crippen LogP contribution in [0.15, 0.2) is 6.07 Å². The molecule has 3 aliphatic heterocycles. The monoisotopic (exact) mass is 402 g/mol. The number of carbonyl (C=O) groups is 1. The third-order valence-electron chi connectivity index (χ3n) is 6.50. The highest BCUT2D eigenvalue weighted by molar-refractivity contribution is 5.87. The Morgan fingerprint density at radius 1 is 1.24 bits per heavy atom. The molecule has 0 radical (unpaired) electrons. The molecule has 0 saturated carbocycles. The van der Waals surface area contributed by atoms with Gasteiger partial charge < -0.3 is 20.3 Å². The van der Waals surface area contributed by atoms with Crippen molar-refractivity contribution < 1.29 is 9.53 Å². The zero-order valence-corrected chi connectivity index (χ0v) is 17.7. The molecule has 1 amide bonds. The van der Waals surface area contributed by atoms with Gasteiger partial charge in [-0.2, -0.15) is 4.98 Å². The van der Waals surface area contributed by atoms with Crippen molar-refractivity contribution >= 4 is 17.7 Å². The van der Waals surface area contributed by atoms with Gasteiger partial charge in [-0.05, 0) is 52.0 Å². The summed E-state index contributed by atoms with van der Waals surface area (Å²) in [5, 5.41) is 6.71. The van der Waals surface area contributed by atoms with Crippen LogP contribution in [0.2, 0.25) is 0 Å². The van der Waals surface area contributed by atoms with Gasteiger partial charge in [-0.25, -0.2) is 4.98 Å². The van der Waals surface area contributed by atoms with Gasteiger partial charge in [0.25, 0.3) is 0 Å². The molecule has 0 bridgehead atoms. The van der Waals surface area contributed by atoms with Crippen LogP contribution < -0.4 is 15.5 Å². The van der Waals surface area contributed by atoms with E-state index >= 15 is 0 Å². The Balaban J connectivity index is 1.47. The van der Waals surface area contributed by atoms with Gasteiger partial charge in [0.1, 0.15) is 11.4 Å². The lowest BCUT2D eigenvalue weighted by Gasteiger charge is -2.40. The number of amides is 1. The fourth-order valence-electron chi connectivity index (χ4n) is 5.10. The molecular weight excluding hydrogens is 368 g/mol. The van der Waals surface area contributed by atoms with Crippen molar-refractivity contribution in [2.75, 3.05) is 56.7 Å². The van der Waals surface area contributed by atoms with E-state index in [1.54, 1.807) is 7.11 Å². The fraction of sp³-hybridized carbons (Fsp3) is 0.762. The van der Waals surface area contributed by atoms with Gasteiger partial charge >= 0.3 is 0 Å². The van der Waals surface area contributed by atoms with E-state index in [2.05, 4.69) is 25.4 Å². The van der Waals surface area contributed by atoms with Crippen molar-refractivity contribution in [3.05, 3.63) is 11.8 Å². The van der Waals surface area contributed by atoms with Crippen molar-refractivity contribution in [2.24, 2.45) is 0 Å². The van der Waals surface area contributed by atoms with E-state index in [-0.39, 0.29) is 11.9 Å². The van der Waals surface area contributed by atoms with Crippen LogP contribution >= 0.6 is 0 Å². The van der Waals surface area contributed by atoms with Crippen molar-refractivity contribution in [1.82, 2.24) is 20.2 Å². The Morgan fingerprint density at radius 2 is 2.03 bits per heavy atom. The Hall–Kier alpha value is -1.93. The number of carbonyl (C=O) groups excluding carboxylic acids is 1. The van der Waals surface area contributed by atoms with Crippen LogP contribution in [-0.4, -0.2) is 78.8 Å². The van der Waals surface area contributed by atoms with Gasteiger partial charge in [0.05, 0.1) is 6.61 Å². The van der Waals surface area contributed by atoms with Crippen molar-refractivity contribution in [1.29, 1.82) is 0 Å². The predicted molar refractivity (Wildman–Crippen MR) is 113 cm³/mol. The van der Waals surface area contributed by atoms with Gasteiger partial charge in [-0.15, -0.1) is 0 Å². The number of rotatable bonds is 7. The Bertz CT molecular complexity index is 723. The molecule has 2 N–H and O–H groups in total. The van der Waals surface area contributed by atoms with E-state index < -0.39 is 5.54 Å². The molecule has 8 nitrogen and oxygen atoms in total. The highest BCUT2D eigenvalue weighted by atomic mass is 16.5. The number of anilines is 2. The minimum absolute atomic E-state index is 0.148. The number of hydrogen-bond acceptors (Lipinski definition) is 7. The molecule has 3 fully saturated rings. The first-order chi connectivity index (χ1) is 14.1. The molecular formula is C21H34N6O2. The second kappa shape index (κ2) is 8.83. The van der Waals surface area contributed by atoms with Crippen LogP contribution in [0, 0.1) is 6.92 Å². The van der Waals surface area contributed by atoms with E-state index in [4.69, 9.17) is 9.72 Å². The molecule has 1 aromatic heterocycles. The molecule has 0 aromatic carbocycles. The molecule has 29 heavy (non-hydrogen) atoms. The van der Waals surface area contributed by atoms with Crippen LogP contribution in [0.5, 0.6) is 0 Å². The standard InChI is InChI=1S/C21H34N6O2/c1-16-13-18(25-20(23-16)26-9-5-6-10-26)24-17-14-21(19(28)22-8-12-29-2)7-3-4-11-27(21)15-17/h13,17H,3-12,14-15H2,1-2H3,(H,22,28)(H,23,24,25)/t17?,21-/m0/s1. The number of fused-ring (bicyclic) bond motifs is 1. The van der Waals surface area contributed by atoms with Gasteiger partial charge in [0.15, 0.2) is 0 Å². The minimum atomic E-state index is -0.399. The number of piperidine rings is 1. The van der Waals surface area contributed by atoms with E-state index in [1.807, 2.05) is 13.0 Å². The third-order valence-corrected chi connectivity index (χ3v) is 6.50. The summed E-state index contributed by atoms with van der Waals surface area (Å²) in [5.41, 5.74) is 0.580. The summed E-state index contributed by atoms with van der Waals surface area (Å²) in [6.07, 6.45) is 6.41. The molecule has 160 valence electrons. The largest absolute Gasteiger partial charge is 0.383 e. The highest BCUT2D eigenvalue weighted by Crippen LogP contribution is 2.39. The number of aromatic nitrogens is 2. The maximum atomic E-state index is 13.1. The highest BCUT2D eigenvalue weighted by Gasteiger charge is 2.51. The zero-order valence-electron chi connectivity index (χ0n) is 17.7.